The quantitative estimate of drug-likeness (QED) is 0.248. The number of ether oxygens (including phenoxy) is 2. The van der Waals surface area contributed by atoms with Gasteiger partial charge in [-0.3, -0.25) is 4.79 Å². The van der Waals surface area contributed by atoms with Crippen molar-refractivity contribution in [2.24, 2.45) is 0 Å². The molecule has 7 nitrogen and oxygen atoms in total. The number of hydrogen-bond acceptors (Lipinski definition) is 6. The molecule has 1 aromatic rings. The van der Waals surface area contributed by atoms with E-state index in [4.69, 9.17) is 18.3 Å². The third-order valence-corrected chi connectivity index (χ3v) is 17.7. The number of rotatable bonds is 10. The first-order chi connectivity index (χ1) is 18.5. The number of benzene rings is 1. The molecule has 2 amide bonds. The van der Waals surface area contributed by atoms with Crippen LogP contribution >= 0.6 is 0 Å². The zero-order valence-corrected chi connectivity index (χ0v) is 30.3. The summed E-state index contributed by atoms with van der Waals surface area (Å²) >= 11 is 0. The van der Waals surface area contributed by atoms with E-state index in [1.807, 2.05) is 32.9 Å². The summed E-state index contributed by atoms with van der Waals surface area (Å²) in [4.78, 5) is 28.1. The summed E-state index contributed by atoms with van der Waals surface area (Å²) in [5, 5.41) is 0.0775. The van der Waals surface area contributed by atoms with Gasteiger partial charge in [0.05, 0.1) is 25.9 Å². The second kappa shape index (κ2) is 12.9. The van der Waals surface area contributed by atoms with Crippen LogP contribution in [0.4, 0.5) is 4.79 Å². The van der Waals surface area contributed by atoms with Crippen molar-refractivity contribution in [3.63, 3.8) is 0 Å². The summed E-state index contributed by atoms with van der Waals surface area (Å²) in [7, 11) is -4.14. The van der Waals surface area contributed by atoms with Crippen LogP contribution in [0, 0.1) is 0 Å². The smallest absolute Gasteiger partial charge is 0.417 e. The SMILES string of the molecule is CCCOc1cc(CO[Si](C)(C)C(C)(C)C)cc([C@H]2CC(=O)N(C(=O)OC(C)(C)C)[C@@H]2CO[Si](C)(C)C(C)(C)C)c1. The Morgan fingerprint density at radius 1 is 0.902 bits per heavy atom. The Bertz CT molecular complexity index is 1070. The third kappa shape index (κ3) is 9.40. The molecule has 0 N–H and O–H groups in total. The molecule has 0 unspecified atom stereocenters. The molecule has 1 fully saturated rings. The minimum absolute atomic E-state index is 0.00990. The molecule has 2 atom stereocenters. The van der Waals surface area contributed by atoms with E-state index in [1.54, 1.807) is 0 Å². The maximum absolute atomic E-state index is 13.5. The molecular formula is C32H57NO6Si2. The van der Waals surface area contributed by atoms with Crippen LogP contribution in [0.15, 0.2) is 18.2 Å². The average Bonchev–Trinajstić information content (AvgIpc) is 3.13. The maximum Gasteiger partial charge on any atom is 0.417 e. The number of carbonyl (C=O) groups excluding carboxylic acids is 2. The van der Waals surface area contributed by atoms with E-state index in [0.29, 0.717) is 13.2 Å². The highest BCUT2D eigenvalue weighted by Crippen LogP contribution is 2.42. The lowest BCUT2D eigenvalue weighted by Gasteiger charge is -2.38. The zero-order chi connectivity index (χ0) is 31.6. The molecule has 9 heteroatoms. The van der Waals surface area contributed by atoms with Crippen LogP contribution in [0.25, 0.3) is 0 Å². The van der Waals surface area contributed by atoms with Crippen molar-refractivity contribution in [1.82, 2.24) is 4.90 Å². The van der Waals surface area contributed by atoms with Crippen LogP contribution in [0.3, 0.4) is 0 Å². The second-order valence-corrected chi connectivity index (χ2v) is 25.1. The van der Waals surface area contributed by atoms with Crippen molar-refractivity contribution >= 4 is 28.6 Å². The summed E-state index contributed by atoms with van der Waals surface area (Å²) in [6.45, 7) is 31.0. The summed E-state index contributed by atoms with van der Waals surface area (Å²) in [6.07, 6.45) is 0.468. The molecule has 41 heavy (non-hydrogen) atoms. The molecular weight excluding hydrogens is 551 g/mol. The number of carbonyl (C=O) groups is 2. The van der Waals surface area contributed by atoms with Gasteiger partial charge in [0.2, 0.25) is 5.91 Å². The number of hydrogen-bond donors (Lipinski definition) is 0. The van der Waals surface area contributed by atoms with Gasteiger partial charge in [0.25, 0.3) is 0 Å². The van der Waals surface area contributed by atoms with Gasteiger partial charge in [-0.25, -0.2) is 9.69 Å². The fraction of sp³-hybridized carbons (Fsp3) is 0.750. The standard InChI is InChI=1S/C32H57NO6Si2/c1-15-16-36-25-18-23(21-37-40(11,12)31(5,6)7)17-24(19-25)26-20-28(34)33(29(35)39-30(2,3)4)27(26)22-38-41(13,14)32(8,9)10/h17-19,26-27H,15-16,20-22H2,1-14H3/t26-,27-/m1/s1. The van der Waals surface area contributed by atoms with Crippen LogP contribution in [0.1, 0.15) is 99.1 Å². The minimum Gasteiger partial charge on any atom is -0.494 e. The number of nitrogens with zero attached hydrogens (tertiary/aromatic N) is 1. The Balaban J connectivity index is 2.53. The lowest BCUT2D eigenvalue weighted by Crippen LogP contribution is -2.49. The largest absolute Gasteiger partial charge is 0.494 e. The highest BCUT2D eigenvalue weighted by Gasteiger charge is 2.48. The Hall–Kier alpha value is -1.69. The lowest BCUT2D eigenvalue weighted by atomic mass is 9.90. The summed E-state index contributed by atoms with van der Waals surface area (Å²) in [6, 6.07) is 5.68. The predicted octanol–water partition coefficient (Wildman–Crippen LogP) is 8.64. The second-order valence-electron chi connectivity index (χ2n) is 15.5. The fourth-order valence-corrected chi connectivity index (χ4v) is 6.12. The monoisotopic (exact) mass is 607 g/mol. The molecule has 1 aliphatic heterocycles. The Kier molecular flexibility index (Phi) is 11.2. The van der Waals surface area contributed by atoms with Crippen molar-refractivity contribution in [1.29, 1.82) is 0 Å². The summed E-state index contributed by atoms with van der Waals surface area (Å²) in [5.74, 6) is 0.258. The normalized spacial score (nSPS) is 19.1. The first-order valence-electron chi connectivity index (χ1n) is 15.1. The van der Waals surface area contributed by atoms with Gasteiger partial charge in [-0.15, -0.1) is 0 Å². The Morgan fingerprint density at radius 3 is 1.98 bits per heavy atom. The molecule has 1 aliphatic rings. The van der Waals surface area contributed by atoms with Gasteiger partial charge in [-0.1, -0.05) is 54.5 Å². The predicted molar refractivity (Wildman–Crippen MR) is 172 cm³/mol. The van der Waals surface area contributed by atoms with E-state index < -0.39 is 34.4 Å². The van der Waals surface area contributed by atoms with E-state index in [1.165, 1.54) is 4.90 Å². The van der Waals surface area contributed by atoms with Crippen LogP contribution < -0.4 is 4.74 Å². The van der Waals surface area contributed by atoms with Crippen LogP contribution in [0.5, 0.6) is 5.75 Å². The van der Waals surface area contributed by atoms with E-state index >= 15 is 0 Å². The topological polar surface area (TPSA) is 74.3 Å². The molecule has 0 aliphatic carbocycles. The van der Waals surface area contributed by atoms with Gasteiger partial charge in [0.1, 0.15) is 11.4 Å². The molecule has 0 aromatic heterocycles. The maximum atomic E-state index is 13.5. The van der Waals surface area contributed by atoms with Crippen molar-refractivity contribution in [2.75, 3.05) is 13.2 Å². The fourth-order valence-electron chi connectivity index (χ4n) is 4.14. The molecule has 234 valence electrons. The first-order valence-corrected chi connectivity index (χ1v) is 20.9. The Labute approximate surface area is 251 Å². The average molecular weight is 608 g/mol. The molecule has 1 saturated heterocycles. The van der Waals surface area contributed by atoms with E-state index in [9.17, 15) is 9.59 Å². The third-order valence-electron chi connectivity index (χ3n) is 8.77. The summed E-state index contributed by atoms with van der Waals surface area (Å²) < 4.78 is 25.0. The van der Waals surface area contributed by atoms with E-state index in [2.05, 4.69) is 80.7 Å². The molecule has 0 bridgehead atoms. The lowest BCUT2D eigenvalue weighted by molar-refractivity contribution is -0.128. The van der Waals surface area contributed by atoms with Crippen molar-refractivity contribution in [2.45, 2.75) is 143 Å². The van der Waals surface area contributed by atoms with Gasteiger partial charge in [0, 0.05) is 12.3 Å². The van der Waals surface area contributed by atoms with Crippen molar-refractivity contribution in [3.05, 3.63) is 29.3 Å². The molecule has 1 heterocycles. The van der Waals surface area contributed by atoms with Gasteiger partial charge in [-0.2, -0.15) is 0 Å². The highest BCUT2D eigenvalue weighted by molar-refractivity contribution is 6.74. The van der Waals surface area contributed by atoms with Gasteiger partial charge >= 0.3 is 6.09 Å². The van der Waals surface area contributed by atoms with Crippen molar-refractivity contribution in [3.8, 4) is 5.75 Å². The number of likely N-dealkylation sites (tertiary alicyclic amines) is 1. The number of imide groups is 1. The van der Waals surface area contributed by atoms with Gasteiger partial charge in [-0.05, 0) is 86.7 Å². The first kappa shape index (κ1) is 35.5. The molecule has 0 radical (unpaired) electrons. The highest BCUT2D eigenvalue weighted by atomic mass is 28.4. The van der Waals surface area contributed by atoms with Gasteiger partial charge in [0.15, 0.2) is 16.6 Å². The zero-order valence-electron chi connectivity index (χ0n) is 28.3. The van der Waals surface area contributed by atoms with Crippen LogP contribution in [-0.4, -0.2) is 58.4 Å². The van der Waals surface area contributed by atoms with Crippen LogP contribution in [-0.2, 0) is 25.0 Å². The van der Waals surface area contributed by atoms with Crippen LogP contribution in [0.2, 0.25) is 36.3 Å². The Morgan fingerprint density at radius 2 is 1.46 bits per heavy atom. The minimum atomic E-state index is -2.16. The summed E-state index contributed by atoms with van der Waals surface area (Å²) in [5.41, 5.74) is 1.24. The van der Waals surface area contributed by atoms with E-state index in [0.717, 1.165) is 23.3 Å². The number of amides is 2. The van der Waals surface area contributed by atoms with Gasteiger partial charge < -0.3 is 18.3 Å². The van der Waals surface area contributed by atoms with E-state index in [-0.39, 0.29) is 34.9 Å². The molecule has 2 rings (SSSR count). The molecule has 0 saturated carbocycles. The van der Waals surface area contributed by atoms with Crippen molar-refractivity contribution < 1.29 is 27.9 Å². The molecule has 1 aromatic carbocycles. The molecule has 0 spiro atoms.